The van der Waals surface area contributed by atoms with Gasteiger partial charge in [-0.3, -0.25) is 4.79 Å². The SMILES string of the molecule is COC(=O)C(c1ccccc1)(c1cn(C)c2ccc(Br)cc12)C(CC=O)c1ccccc1. The van der Waals surface area contributed by atoms with Crippen LogP contribution in [0, 0.1) is 0 Å². The normalized spacial score (nSPS) is 14.0. The van der Waals surface area contributed by atoms with Gasteiger partial charge in [-0.05, 0) is 34.9 Å². The lowest BCUT2D eigenvalue weighted by molar-refractivity contribution is -0.146. The lowest BCUT2D eigenvalue weighted by atomic mass is 9.62. The summed E-state index contributed by atoms with van der Waals surface area (Å²) >= 11 is 3.58. The van der Waals surface area contributed by atoms with Gasteiger partial charge in [0.1, 0.15) is 11.7 Å². The van der Waals surface area contributed by atoms with Gasteiger partial charge in [-0.15, -0.1) is 0 Å². The minimum Gasteiger partial charge on any atom is -0.468 e. The zero-order valence-corrected chi connectivity index (χ0v) is 19.6. The van der Waals surface area contributed by atoms with Crippen LogP contribution >= 0.6 is 15.9 Å². The molecule has 162 valence electrons. The molecule has 0 bridgehead atoms. The number of halogens is 1. The van der Waals surface area contributed by atoms with Gasteiger partial charge in [0.05, 0.1) is 7.11 Å². The fourth-order valence-electron chi connectivity index (χ4n) is 4.80. The van der Waals surface area contributed by atoms with Crippen LogP contribution in [-0.2, 0) is 26.8 Å². The van der Waals surface area contributed by atoms with Crippen molar-refractivity contribution in [2.75, 3.05) is 7.11 Å². The predicted molar refractivity (Wildman–Crippen MR) is 130 cm³/mol. The van der Waals surface area contributed by atoms with Crippen LogP contribution in [-0.4, -0.2) is 23.9 Å². The molecule has 2 unspecified atom stereocenters. The molecule has 3 aromatic carbocycles. The van der Waals surface area contributed by atoms with E-state index in [1.807, 2.05) is 96.7 Å². The summed E-state index contributed by atoms with van der Waals surface area (Å²) in [6.07, 6.45) is 3.04. The lowest BCUT2D eigenvalue weighted by Gasteiger charge is -2.38. The van der Waals surface area contributed by atoms with Crippen molar-refractivity contribution >= 4 is 39.1 Å². The van der Waals surface area contributed by atoms with Crippen LogP contribution < -0.4 is 0 Å². The number of rotatable bonds is 7. The number of nitrogens with zero attached hydrogens (tertiary/aromatic N) is 1. The fraction of sp³-hybridized carbons (Fsp3) is 0.185. The number of esters is 1. The predicted octanol–water partition coefficient (Wildman–Crippen LogP) is 5.77. The number of carbonyl (C=O) groups excluding carboxylic acids is 2. The summed E-state index contributed by atoms with van der Waals surface area (Å²) in [7, 11) is 3.37. The summed E-state index contributed by atoms with van der Waals surface area (Å²) in [5.41, 5.74) is 2.27. The summed E-state index contributed by atoms with van der Waals surface area (Å²) in [5, 5.41) is 0.933. The molecule has 0 N–H and O–H groups in total. The summed E-state index contributed by atoms with van der Waals surface area (Å²) in [5.74, 6) is -0.854. The maximum absolute atomic E-state index is 13.9. The molecule has 4 nitrogen and oxygen atoms in total. The molecule has 0 aliphatic carbocycles. The number of hydrogen-bond donors (Lipinski definition) is 0. The van der Waals surface area contributed by atoms with Gasteiger partial charge in [0.15, 0.2) is 0 Å². The highest BCUT2D eigenvalue weighted by atomic mass is 79.9. The molecule has 1 aromatic heterocycles. The molecule has 0 saturated heterocycles. The second kappa shape index (κ2) is 9.13. The Balaban J connectivity index is 2.17. The van der Waals surface area contributed by atoms with Gasteiger partial charge in [0.2, 0.25) is 0 Å². The number of aryl methyl sites for hydroxylation is 1. The van der Waals surface area contributed by atoms with E-state index in [0.29, 0.717) is 0 Å². The van der Waals surface area contributed by atoms with Crippen LogP contribution in [0.4, 0.5) is 0 Å². The first-order chi connectivity index (χ1) is 15.5. The standard InChI is InChI=1S/C27H24BrNO3/c1-29-18-24(22-17-21(28)13-14-25(22)29)27(26(31)32-2,20-11-7-4-8-12-20)23(15-16-30)19-9-5-3-6-10-19/h3-14,16-18,23H,15H2,1-2H3. The molecular formula is C27H24BrNO3. The lowest BCUT2D eigenvalue weighted by Crippen LogP contribution is -2.44. The smallest absolute Gasteiger partial charge is 0.321 e. The average Bonchev–Trinajstić information content (AvgIpc) is 3.15. The number of hydrogen-bond acceptors (Lipinski definition) is 3. The first kappa shape index (κ1) is 22.0. The van der Waals surface area contributed by atoms with Crippen molar-refractivity contribution in [3.05, 3.63) is 106 Å². The highest BCUT2D eigenvalue weighted by Crippen LogP contribution is 2.50. The molecular weight excluding hydrogens is 466 g/mol. The van der Waals surface area contributed by atoms with Crippen LogP contribution in [0.1, 0.15) is 29.0 Å². The zero-order valence-electron chi connectivity index (χ0n) is 18.0. The van der Waals surface area contributed by atoms with Crippen molar-refractivity contribution in [3.63, 3.8) is 0 Å². The molecule has 0 amide bonds. The van der Waals surface area contributed by atoms with Crippen LogP contribution in [0.5, 0.6) is 0 Å². The topological polar surface area (TPSA) is 48.3 Å². The Hall–Kier alpha value is -3.18. The van der Waals surface area contributed by atoms with E-state index < -0.39 is 17.3 Å². The van der Waals surface area contributed by atoms with Gasteiger partial charge in [0, 0.05) is 41.0 Å². The van der Waals surface area contributed by atoms with Gasteiger partial charge in [-0.2, -0.15) is 0 Å². The minimum atomic E-state index is -1.22. The van der Waals surface area contributed by atoms with E-state index >= 15 is 0 Å². The van der Waals surface area contributed by atoms with Gasteiger partial charge < -0.3 is 14.1 Å². The van der Waals surface area contributed by atoms with Crippen LogP contribution in [0.25, 0.3) is 10.9 Å². The zero-order chi connectivity index (χ0) is 22.7. The second-order valence-corrected chi connectivity index (χ2v) is 8.76. The Bertz CT molecular complexity index is 1250. The van der Waals surface area contributed by atoms with Gasteiger partial charge in [-0.25, -0.2) is 0 Å². The van der Waals surface area contributed by atoms with Gasteiger partial charge in [0.25, 0.3) is 0 Å². The number of aromatic nitrogens is 1. The first-order valence-corrected chi connectivity index (χ1v) is 11.2. The summed E-state index contributed by atoms with van der Waals surface area (Å²) in [4.78, 5) is 25.9. The maximum Gasteiger partial charge on any atom is 0.321 e. The largest absolute Gasteiger partial charge is 0.468 e. The second-order valence-electron chi connectivity index (χ2n) is 7.85. The monoisotopic (exact) mass is 489 g/mol. The highest BCUT2D eigenvalue weighted by molar-refractivity contribution is 9.10. The fourth-order valence-corrected chi connectivity index (χ4v) is 5.16. The number of aldehydes is 1. The number of fused-ring (bicyclic) bond motifs is 1. The molecule has 0 aliphatic heterocycles. The van der Waals surface area contributed by atoms with Crippen molar-refractivity contribution in [2.45, 2.75) is 17.8 Å². The molecule has 4 rings (SSSR count). The summed E-state index contributed by atoms with van der Waals surface area (Å²) < 4.78 is 8.41. The molecule has 0 saturated carbocycles. The van der Waals surface area contributed by atoms with E-state index in [2.05, 4.69) is 15.9 Å². The van der Waals surface area contributed by atoms with Crippen molar-refractivity contribution in [2.24, 2.45) is 7.05 Å². The molecule has 0 spiro atoms. The molecule has 1 heterocycles. The Kier molecular flexibility index (Phi) is 6.28. The van der Waals surface area contributed by atoms with Crippen LogP contribution in [0.2, 0.25) is 0 Å². The van der Waals surface area contributed by atoms with Crippen molar-refractivity contribution in [1.29, 1.82) is 0 Å². The Morgan fingerprint density at radius 3 is 2.34 bits per heavy atom. The average molecular weight is 490 g/mol. The first-order valence-electron chi connectivity index (χ1n) is 10.4. The highest BCUT2D eigenvalue weighted by Gasteiger charge is 2.51. The third-order valence-electron chi connectivity index (χ3n) is 6.17. The van der Waals surface area contributed by atoms with E-state index in [9.17, 15) is 9.59 Å². The van der Waals surface area contributed by atoms with Gasteiger partial charge >= 0.3 is 5.97 Å². The minimum absolute atomic E-state index is 0.165. The van der Waals surface area contributed by atoms with E-state index in [0.717, 1.165) is 38.4 Å². The van der Waals surface area contributed by atoms with Crippen molar-refractivity contribution in [3.8, 4) is 0 Å². The molecule has 4 aromatic rings. The third-order valence-corrected chi connectivity index (χ3v) is 6.66. The number of benzene rings is 3. The van der Waals surface area contributed by atoms with E-state index in [-0.39, 0.29) is 6.42 Å². The molecule has 2 atom stereocenters. The molecule has 0 radical (unpaired) electrons. The molecule has 0 fully saturated rings. The van der Waals surface area contributed by atoms with Crippen molar-refractivity contribution < 1.29 is 14.3 Å². The summed E-state index contributed by atoms with van der Waals surface area (Å²) in [6, 6.07) is 25.4. The third kappa shape index (κ3) is 3.56. The Labute approximate surface area is 196 Å². The van der Waals surface area contributed by atoms with E-state index in [1.165, 1.54) is 7.11 Å². The Morgan fingerprint density at radius 2 is 1.72 bits per heavy atom. The maximum atomic E-state index is 13.9. The number of methoxy groups -OCH3 is 1. The van der Waals surface area contributed by atoms with Crippen LogP contribution in [0.3, 0.4) is 0 Å². The molecule has 0 aliphatic rings. The van der Waals surface area contributed by atoms with Gasteiger partial charge in [-0.1, -0.05) is 76.6 Å². The Morgan fingerprint density at radius 1 is 1.06 bits per heavy atom. The molecule has 5 heteroatoms. The van der Waals surface area contributed by atoms with Crippen LogP contribution in [0.15, 0.2) is 89.5 Å². The number of carbonyl (C=O) groups is 2. The summed E-state index contributed by atoms with van der Waals surface area (Å²) in [6.45, 7) is 0. The van der Waals surface area contributed by atoms with E-state index in [1.54, 1.807) is 0 Å². The van der Waals surface area contributed by atoms with E-state index in [4.69, 9.17) is 4.74 Å². The quantitative estimate of drug-likeness (QED) is 0.244. The number of ether oxygens (including phenoxy) is 1. The van der Waals surface area contributed by atoms with Crippen molar-refractivity contribution in [1.82, 2.24) is 4.57 Å². The molecule has 32 heavy (non-hydrogen) atoms.